The van der Waals surface area contributed by atoms with Gasteiger partial charge in [-0.05, 0) is 87.4 Å². The van der Waals surface area contributed by atoms with Crippen LogP contribution in [-0.4, -0.2) is 79.8 Å². The van der Waals surface area contributed by atoms with Crippen molar-refractivity contribution in [1.82, 2.24) is 15.5 Å². The van der Waals surface area contributed by atoms with E-state index in [4.69, 9.17) is 4.74 Å². The van der Waals surface area contributed by atoms with E-state index >= 15 is 0 Å². The van der Waals surface area contributed by atoms with E-state index < -0.39 is 5.92 Å². The van der Waals surface area contributed by atoms with Crippen molar-refractivity contribution in [2.24, 2.45) is 10.9 Å². The van der Waals surface area contributed by atoms with Gasteiger partial charge in [-0.1, -0.05) is 29.8 Å². The molecule has 3 aliphatic rings. The number of dihydropyridines is 1. The minimum atomic E-state index is -0.453. The Hall–Kier alpha value is -3.82. The van der Waals surface area contributed by atoms with Crippen molar-refractivity contribution < 1.29 is 19.1 Å². The van der Waals surface area contributed by atoms with Crippen LogP contribution in [0.1, 0.15) is 69.3 Å². The second-order valence-electron chi connectivity index (χ2n) is 12.6. The second-order valence-corrected chi connectivity index (χ2v) is 12.6. The van der Waals surface area contributed by atoms with Gasteiger partial charge in [0.1, 0.15) is 0 Å². The number of benzene rings is 2. The normalized spacial score (nSPS) is 22.3. The number of nitrogens with one attached hydrogen (secondary N) is 2. The first kappa shape index (κ1) is 32.6. The van der Waals surface area contributed by atoms with E-state index in [0.717, 1.165) is 87.5 Å². The molecule has 2 heterocycles. The molecule has 2 N–H and O–H groups in total. The van der Waals surface area contributed by atoms with Gasteiger partial charge in [0.15, 0.2) is 0 Å². The fourth-order valence-corrected chi connectivity index (χ4v) is 6.82. The molecule has 2 aromatic carbocycles. The lowest BCUT2D eigenvalue weighted by Gasteiger charge is -2.38. The first-order chi connectivity index (χ1) is 21.7. The van der Waals surface area contributed by atoms with Gasteiger partial charge in [0.25, 0.3) is 11.8 Å². The summed E-state index contributed by atoms with van der Waals surface area (Å²) >= 11 is 0. The first-order valence-corrected chi connectivity index (χ1v) is 16.3. The van der Waals surface area contributed by atoms with Crippen molar-refractivity contribution >= 4 is 29.1 Å². The number of aliphatic imine (C=N–C) groups is 1. The Morgan fingerprint density at radius 1 is 1.00 bits per heavy atom. The Kier molecular flexibility index (Phi) is 10.8. The predicted molar refractivity (Wildman–Crippen MR) is 179 cm³/mol. The largest absolute Gasteiger partial charge is 0.379 e. The first-order valence-electron chi connectivity index (χ1n) is 16.3. The molecule has 1 saturated heterocycles. The number of hydrogen-bond donors (Lipinski definition) is 2. The van der Waals surface area contributed by atoms with Gasteiger partial charge >= 0.3 is 0 Å². The van der Waals surface area contributed by atoms with Crippen LogP contribution < -0.4 is 15.5 Å². The molecule has 0 radical (unpaired) electrons. The van der Waals surface area contributed by atoms with E-state index in [2.05, 4.69) is 62.7 Å². The number of ether oxygens (including phenoxy) is 1. The van der Waals surface area contributed by atoms with Crippen molar-refractivity contribution in [3.8, 4) is 11.1 Å². The molecule has 9 heteroatoms. The van der Waals surface area contributed by atoms with Crippen LogP contribution in [-0.2, 0) is 20.9 Å². The van der Waals surface area contributed by atoms with E-state index in [1.165, 1.54) is 5.56 Å². The third-order valence-corrected chi connectivity index (χ3v) is 9.23. The van der Waals surface area contributed by atoms with E-state index in [1.54, 1.807) is 6.92 Å². The molecule has 0 bridgehead atoms. The average Bonchev–Trinajstić information content (AvgIpc) is 3.02. The zero-order valence-electron chi connectivity index (χ0n) is 27.1. The van der Waals surface area contributed by atoms with Crippen LogP contribution in [0.4, 0.5) is 5.69 Å². The lowest BCUT2D eigenvalue weighted by molar-refractivity contribution is -0.121. The fraction of sp³-hybridized carbons (Fsp3) is 0.500. The van der Waals surface area contributed by atoms with E-state index in [-0.39, 0.29) is 30.3 Å². The molecule has 0 spiro atoms. The highest BCUT2D eigenvalue weighted by Crippen LogP contribution is 2.32. The van der Waals surface area contributed by atoms with Crippen LogP contribution in [0.25, 0.3) is 11.1 Å². The summed E-state index contributed by atoms with van der Waals surface area (Å²) in [4.78, 5) is 46.7. The molecule has 2 fully saturated rings. The Bertz CT molecular complexity index is 1440. The summed E-state index contributed by atoms with van der Waals surface area (Å²) in [7, 11) is 0. The molecule has 1 saturated carbocycles. The third-order valence-electron chi connectivity index (χ3n) is 9.23. The predicted octanol–water partition coefficient (Wildman–Crippen LogP) is 4.75. The molecule has 1 unspecified atom stereocenters. The zero-order chi connectivity index (χ0) is 31.9. The highest BCUT2D eigenvalue weighted by molar-refractivity contribution is 6.06. The second kappa shape index (κ2) is 15.0. The maximum Gasteiger partial charge on any atom is 0.254 e. The number of carbonyl (C=O) groups is 3. The summed E-state index contributed by atoms with van der Waals surface area (Å²) < 4.78 is 5.50. The number of morpholine rings is 1. The van der Waals surface area contributed by atoms with Crippen LogP contribution in [0.3, 0.4) is 0 Å². The number of hydrogen-bond acceptors (Lipinski definition) is 6. The topological polar surface area (TPSA) is 103 Å². The smallest absolute Gasteiger partial charge is 0.254 e. The molecule has 3 amide bonds. The molecule has 0 aromatic heterocycles. The molecule has 5 rings (SSSR count). The monoisotopic (exact) mass is 613 g/mol. The highest BCUT2D eigenvalue weighted by atomic mass is 16.5. The SMILES string of the molecule is CCN(c1cc(C(=O)NCC2C(=O)N=C(C)C=C2C)cc(-c2ccc(CN3CCOCC3)cc2)c1)C1CCC(NC(C)=O)CC1. The van der Waals surface area contributed by atoms with Crippen molar-refractivity contribution in [3.63, 3.8) is 0 Å². The number of amides is 3. The lowest BCUT2D eigenvalue weighted by atomic mass is 9.89. The quantitative estimate of drug-likeness (QED) is 0.401. The molecule has 2 aliphatic heterocycles. The van der Waals surface area contributed by atoms with Gasteiger partial charge in [0.05, 0.1) is 19.1 Å². The number of carbonyl (C=O) groups excluding carboxylic acids is 3. The van der Waals surface area contributed by atoms with Gasteiger partial charge in [0, 0.05) is 68.7 Å². The Balaban J connectivity index is 1.38. The maximum atomic E-state index is 13.7. The van der Waals surface area contributed by atoms with Gasteiger partial charge in [-0.2, -0.15) is 0 Å². The fourth-order valence-electron chi connectivity index (χ4n) is 6.82. The number of allylic oxidation sites excluding steroid dienone is 1. The van der Waals surface area contributed by atoms with Crippen LogP contribution >= 0.6 is 0 Å². The average molecular weight is 614 g/mol. The zero-order valence-corrected chi connectivity index (χ0v) is 27.1. The molecule has 45 heavy (non-hydrogen) atoms. The summed E-state index contributed by atoms with van der Waals surface area (Å²) in [6.07, 6.45) is 5.71. The molecule has 240 valence electrons. The van der Waals surface area contributed by atoms with Gasteiger partial charge in [-0.25, -0.2) is 4.99 Å². The van der Waals surface area contributed by atoms with Crippen molar-refractivity contribution in [3.05, 3.63) is 65.2 Å². The van der Waals surface area contributed by atoms with Gasteiger partial charge < -0.3 is 20.3 Å². The molecule has 2 aromatic rings. The minimum absolute atomic E-state index is 0.0210. The minimum Gasteiger partial charge on any atom is -0.379 e. The van der Waals surface area contributed by atoms with Gasteiger partial charge in [0.2, 0.25) is 5.91 Å². The van der Waals surface area contributed by atoms with Crippen molar-refractivity contribution in [2.45, 2.75) is 72.0 Å². The highest BCUT2D eigenvalue weighted by Gasteiger charge is 2.28. The van der Waals surface area contributed by atoms with Crippen LogP contribution in [0.2, 0.25) is 0 Å². The van der Waals surface area contributed by atoms with Crippen LogP contribution in [0, 0.1) is 5.92 Å². The molecule has 1 atom stereocenters. The standard InChI is InChI=1S/C36H47N5O4/c1-5-41(32-12-10-31(11-13-32)39-26(4)42)33-20-29(28-8-6-27(7-9-28)23-40-14-16-45-17-15-40)19-30(21-33)35(43)37-22-34-24(2)18-25(3)38-36(34)44/h6-9,18-21,31-32,34H,5,10-17,22-23H2,1-4H3,(H,37,43)(H,39,42). The molecule has 9 nitrogen and oxygen atoms in total. The molecular weight excluding hydrogens is 566 g/mol. The van der Waals surface area contributed by atoms with Crippen molar-refractivity contribution in [1.29, 1.82) is 0 Å². The number of rotatable bonds is 10. The molecule has 1 aliphatic carbocycles. The van der Waals surface area contributed by atoms with E-state index in [9.17, 15) is 14.4 Å². The number of anilines is 1. The Morgan fingerprint density at radius 3 is 2.36 bits per heavy atom. The van der Waals surface area contributed by atoms with Gasteiger partial charge in [-0.15, -0.1) is 0 Å². The summed E-state index contributed by atoms with van der Waals surface area (Å²) in [6.45, 7) is 12.8. The third kappa shape index (κ3) is 8.47. The Labute approximate surface area is 267 Å². The van der Waals surface area contributed by atoms with E-state index in [1.807, 2.05) is 32.1 Å². The van der Waals surface area contributed by atoms with Gasteiger partial charge in [-0.3, -0.25) is 19.3 Å². The molecular formula is C36H47N5O4. The van der Waals surface area contributed by atoms with Crippen molar-refractivity contribution in [2.75, 3.05) is 44.3 Å². The maximum absolute atomic E-state index is 13.7. The summed E-state index contributed by atoms with van der Waals surface area (Å²) in [5, 5.41) is 6.10. The summed E-state index contributed by atoms with van der Waals surface area (Å²) in [5.74, 6) is -0.858. The van der Waals surface area contributed by atoms with Crippen LogP contribution in [0.15, 0.2) is 59.1 Å². The van der Waals surface area contributed by atoms with Crippen LogP contribution in [0.5, 0.6) is 0 Å². The summed E-state index contributed by atoms with van der Waals surface area (Å²) in [5.41, 5.74) is 6.45. The summed E-state index contributed by atoms with van der Waals surface area (Å²) in [6, 6.07) is 15.3. The number of nitrogens with zero attached hydrogens (tertiary/aromatic N) is 3. The Morgan fingerprint density at radius 2 is 1.71 bits per heavy atom. The van der Waals surface area contributed by atoms with E-state index in [0.29, 0.717) is 17.3 Å². The lowest BCUT2D eigenvalue weighted by Crippen LogP contribution is -2.43.